The lowest BCUT2D eigenvalue weighted by atomic mass is 10.2. The van der Waals surface area contributed by atoms with Crippen LogP contribution in [0.15, 0.2) is 12.3 Å². The Labute approximate surface area is 153 Å². The fourth-order valence-electron chi connectivity index (χ4n) is 2.48. The zero-order valence-electron chi connectivity index (χ0n) is 15.2. The van der Waals surface area contributed by atoms with Crippen LogP contribution in [0.4, 0.5) is 5.69 Å². The molecule has 1 amide bonds. The number of halogens is 1. The Balaban J connectivity index is 2.13. The van der Waals surface area contributed by atoms with Crippen LogP contribution < -0.4 is 0 Å². The maximum atomic E-state index is 12.7. The summed E-state index contributed by atoms with van der Waals surface area (Å²) in [4.78, 5) is 28.7. The number of nitrogens with zero attached hydrogens (tertiary/aromatic N) is 3. The highest BCUT2D eigenvalue weighted by Crippen LogP contribution is 2.38. The topological polar surface area (TPSA) is 85.6 Å². The van der Waals surface area contributed by atoms with E-state index < -0.39 is 19.1 Å². The second-order valence-electron chi connectivity index (χ2n) is 7.82. The summed E-state index contributed by atoms with van der Waals surface area (Å²) in [5.74, 6) is -0.454. The van der Waals surface area contributed by atoms with Crippen LogP contribution in [0.3, 0.4) is 0 Å². The molecule has 1 atom stereocenters. The zero-order chi connectivity index (χ0) is 19.0. The van der Waals surface area contributed by atoms with E-state index in [0.29, 0.717) is 13.1 Å². The monoisotopic (exact) mass is 385 g/mol. The smallest absolute Gasteiger partial charge is 0.302 e. The van der Waals surface area contributed by atoms with E-state index in [-0.39, 0.29) is 27.5 Å². The minimum absolute atomic E-state index is 0.0452. The molecule has 0 bridgehead atoms. The number of carbonyl (C=O) groups is 1. The van der Waals surface area contributed by atoms with Gasteiger partial charge in [0.05, 0.1) is 16.0 Å². The second kappa shape index (κ2) is 7.01. The van der Waals surface area contributed by atoms with Crippen molar-refractivity contribution in [3.05, 3.63) is 33.1 Å². The van der Waals surface area contributed by atoms with Gasteiger partial charge < -0.3 is 9.33 Å². The van der Waals surface area contributed by atoms with Gasteiger partial charge in [0.15, 0.2) is 8.32 Å². The molecule has 0 radical (unpaired) electrons. The van der Waals surface area contributed by atoms with Crippen LogP contribution in [0.2, 0.25) is 23.2 Å². The number of pyridine rings is 1. The summed E-state index contributed by atoms with van der Waals surface area (Å²) in [6, 6.07) is 1.15. The molecular formula is C16H24ClN3O4Si. The van der Waals surface area contributed by atoms with E-state index in [1.54, 1.807) is 4.90 Å². The van der Waals surface area contributed by atoms with Gasteiger partial charge in [-0.1, -0.05) is 32.4 Å². The first kappa shape index (κ1) is 19.8. The molecule has 1 aromatic heterocycles. The van der Waals surface area contributed by atoms with Crippen LogP contribution in [0.5, 0.6) is 0 Å². The lowest BCUT2D eigenvalue weighted by Crippen LogP contribution is -2.44. The molecule has 1 unspecified atom stereocenters. The molecule has 0 saturated carbocycles. The number of likely N-dealkylation sites (tertiary alicyclic amines) is 1. The normalized spacial score (nSPS) is 18.5. The molecule has 1 aromatic rings. The molecule has 1 aliphatic heterocycles. The van der Waals surface area contributed by atoms with Crippen molar-refractivity contribution in [2.45, 2.75) is 51.4 Å². The average Bonchev–Trinajstić information content (AvgIpc) is 2.93. The molecule has 138 valence electrons. The average molecular weight is 386 g/mol. The molecule has 7 nitrogen and oxygen atoms in total. The van der Waals surface area contributed by atoms with Gasteiger partial charge in [0, 0.05) is 25.4 Å². The third kappa shape index (κ3) is 4.37. The van der Waals surface area contributed by atoms with Crippen LogP contribution in [0.25, 0.3) is 0 Å². The van der Waals surface area contributed by atoms with Crippen LogP contribution >= 0.6 is 11.6 Å². The molecule has 2 heterocycles. The van der Waals surface area contributed by atoms with Gasteiger partial charge in [-0.25, -0.2) is 4.98 Å². The molecule has 1 saturated heterocycles. The van der Waals surface area contributed by atoms with E-state index in [4.69, 9.17) is 16.0 Å². The Morgan fingerprint density at radius 3 is 2.68 bits per heavy atom. The number of rotatable bonds is 4. The Morgan fingerprint density at radius 1 is 1.48 bits per heavy atom. The first-order valence-electron chi connectivity index (χ1n) is 8.19. The summed E-state index contributed by atoms with van der Waals surface area (Å²) in [5, 5.41) is 11.4. The second-order valence-corrected chi connectivity index (χ2v) is 13.0. The summed E-state index contributed by atoms with van der Waals surface area (Å²) < 4.78 is 6.35. The van der Waals surface area contributed by atoms with Crippen molar-refractivity contribution in [1.82, 2.24) is 9.88 Å². The number of aromatic nitrogens is 1. The van der Waals surface area contributed by atoms with E-state index in [9.17, 15) is 14.9 Å². The van der Waals surface area contributed by atoms with Gasteiger partial charge in [0.25, 0.3) is 5.91 Å². The van der Waals surface area contributed by atoms with E-state index in [2.05, 4.69) is 38.8 Å². The van der Waals surface area contributed by atoms with E-state index in [0.717, 1.165) is 12.5 Å². The molecule has 1 fully saturated rings. The largest absolute Gasteiger partial charge is 0.412 e. The van der Waals surface area contributed by atoms with Crippen molar-refractivity contribution in [2.75, 3.05) is 13.1 Å². The summed E-state index contributed by atoms with van der Waals surface area (Å²) in [5.41, 5.74) is -0.548. The van der Waals surface area contributed by atoms with Crippen molar-refractivity contribution < 1.29 is 14.1 Å². The van der Waals surface area contributed by atoms with E-state index in [1.807, 2.05) is 0 Å². The highest BCUT2D eigenvalue weighted by molar-refractivity contribution is 6.74. The van der Waals surface area contributed by atoms with Gasteiger partial charge in [-0.15, -0.1) is 0 Å². The molecule has 0 aliphatic carbocycles. The van der Waals surface area contributed by atoms with E-state index in [1.165, 1.54) is 6.20 Å². The first-order chi connectivity index (χ1) is 11.4. The number of amides is 1. The first-order valence-corrected chi connectivity index (χ1v) is 11.5. The van der Waals surface area contributed by atoms with Crippen molar-refractivity contribution in [3.63, 3.8) is 0 Å². The zero-order valence-corrected chi connectivity index (χ0v) is 17.0. The van der Waals surface area contributed by atoms with Crippen LogP contribution in [0, 0.1) is 10.1 Å². The quantitative estimate of drug-likeness (QED) is 0.446. The number of hydrogen-bond donors (Lipinski definition) is 0. The van der Waals surface area contributed by atoms with Gasteiger partial charge in [-0.2, -0.15) is 0 Å². The van der Waals surface area contributed by atoms with Gasteiger partial charge >= 0.3 is 5.69 Å². The third-order valence-corrected chi connectivity index (χ3v) is 9.67. The lowest BCUT2D eigenvalue weighted by Gasteiger charge is -2.38. The predicted octanol–water partition coefficient (Wildman–Crippen LogP) is 3.88. The van der Waals surface area contributed by atoms with E-state index >= 15 is 0 Å². The lowest BCUT2D eigenvalue weighted by molar-refractivity contribution is -0.385. The Bertz CT molecular complexity index is 690. The molecule has 0 aromatic carbocycles. The van der Waals surface area contributed by atoms with Gasteiger partial charge in [-0.3, -0.25) is 14.9 Å². The third-order valence-electron chi connectivity index (χ3n) is 4.93. The molecule has 1 aliphatic rings. The van der Waals surface area contributed by atoms with Crippen LogP contribution in [0.1, 0.15) is 37.7 Å². The summed E-state index contributed by atoms with van der Waals surface area (Å²) in [6.45, 7) is 11.8. The maximum absolute atomic E-state index is 12.7. The summed E-state index contributed by atoms with van der Waals surface area (Å²) in [6.07, 6.45) is 1.93. The maximum Gasteiger partial charge on any atom is 0.302 e. The van der Waals surface area contributed by atoms with Crippen molar-refractivity contribution in [2.24, 2.45) is 0 Å². The van der Waals surface area contributed by atoms with Crippen molar-refractivity contribution >= 4 is 31.5 Å². The fraction of sp³-hybridized carbons (Fsp3) is 0.625. The Morgan fingerprint density at radius 2 is 2.12 bits per heavy atom. The van der Waals surface area contributed by atoms with Crippen LogP contribution in [-0.2, 0) is 4.43 Å². The Hall–Kier alpha value is -1.51. The van der Waals surface area contributed by atoms with Crippen LogP contribution in [-0.4, -0.2) is 48.2 Å². The van der Waals surface area contributed by atoms with Crippen molar-refractivity contribution in [3.8, 4) is 0 Å². The SMILES string of the molecule is CC(C)(C)[Si](C)(C)OC1CCN(C(=O)c2ncc(Cl)cc2[N+](=O)[O-])C1. The molecular weight excluding hydrogens is 362 g/mol. The summed E-state index contributed by atoms with van der Waals surface area (Å²) in [7, 11) is -1.93. The Kier molecular flexibility index (Phi) is 5.55. The van der Waals surface area contributed by atoms with Crippen molar-refractivity contribution in [1.29, 1.82) is 0 Å². The number of nitro groups is 1. The molecule has 9 heteroatoms. The highest BCUT2D eigenvalue weighted by Gasteiger charge is 2.41. The summed E-state index contributed by atoms with van der Waals surface area (Å²) >= 11 is 5.76. The number of carbonyl (C=O) groups excluding carboxylic acids is 1. The highest BCUT2D eigenvalue weighted by atomic mass is 35.5. The van der Waals surface area contributed by atoms with Gasteiger partial charge in [0.2, 0.25) is 5.69 Å². The minimum atomic E-state index is -1.93. The van der Waals surface area contributed by atoms with Gasteiger partial charge in [0.1, 0.15) is 0 Å². The predicted molar refractivity (Wildman–Crippen MR) is 98.5 cm³/mol. The number of hydrogen-bond acceptors (Lipinski definition) is 5. The molecule has 0 N–H and O–H groups in total. The minimum Gasteiger partial charge on any atom is -0.412 e. The standard InChI is InChI=1S/C16H24ClN3O4Si/c1-16(2,3)25(4,5)24-12-6-7-19(10-12)15(21)14-13(20(22)23)8-11(17)9-18-14/h8-9,12H,6-7,10H2,1-5H3. The fourth-order valence-corrected chi connectivity index (χ4v) is 4.02. The molecule has 2 rings (SSSR count). The molecule has 0 spiro atoms. The molecule has 25 heavy (non-hydrogen) atoms. The van der Waals surface area contributed by atoms with Gasteiger partial charge in [-0.05, 0) is 24.6 Å².